The second kappa shape index (κ2) is 9.10. The van der Waals surface area contributed by atoms with Crippen LogP contribution in [0.5, 0.6) is 0 Å². The van der Waals surface area contributed by atoms with Gasteiger partial charge in [-0.3, -0.25) is 4.79 Å². The SMILES string of the molecule is Cn1c(Br)cnc1[C@H](O)[C@@H](O)C(=O)NCC1CCN(c2ccc(F)cc2N)CC1. The number of hydrogen-bond acceptors (Lipinski definition) is 6. The Kier molecular flexibility index (Phi) is 6.76. The highest BCUT2D eigenvalue weighted by atomic mass is 79.9. The zero-order valence-electron chi connectivity index (χ0n) is 16.1. The van der Waals surface area contributed by atoms with Crippen LogP contribution in [0.15, 0.2) is 29.0 Å². The molecule has 1 aliphatic rings. The molecule has 0 unspecified atom stereocenters. The number of aromatic nitrogens is 2. The van der Waals surface area contributed by atoms with Gasteiger partial charge in [0.2, 0.25) is 0 Å². The Morgan fingerprint density at radius 1 is 1.41 bits per heavy atom. The van der Waals surface area contributed by atoms with E-state index < -0.39 is 18.1 Å². The quantitative estimate of drug-likeness (QED) is 0.474. The number of anilines is 2. The van der Waals surface area contributed by atoms with Crippen LogP contribution in [0.1, 0.15) is 24.8 Å². The van der Waals surface area contributed by atoms with E-state index in [0.29, 0.717) is 16.8 Å². The summed E-state index contributed by atoms with van der Waals surface area (Å²) in [4.78, 5) is 18.4. The molecule has 0 saturated carbocycles. The third-order valence-corrected chi connectivity index (χ3v) is 6.05. The monoisotopic (exact) mass is 469 g/mol. The summed E-state index contributed by atoms with van der Waals surface area (Å²) < 4.78 is 15.4. The summed E-state index contributed by atoms with van der Waals surface area (Å²) in [7, 11) is 1.67. The van der Waals surface area contributed by atoms with E-state index in [9.17, 15) is 19.4 Å². The number of halogens is 2. The highest BCUT2D eigenvalue weighted by Gasteiger charge is 2.30. The molecular weight excluding hydrogens is 445 g/mol. The number of nitrogens with two attached hydrogens (primary N) is 1. The van der Waals surface area contributed by atoms with E-state index in [1.807, 2.05) is 0 Å². The predicted octanol–water partition coefficient (Wildman–Crippen LogP) is 1.33. The van der Waals surface area contributed by atoms with Gasteiger partial charge in [-0.2, -0.15) is 0 Å². The molecule has 0 spiro atoms. The number of imidazole rings is 1. The van der Waals surface area contributed by atoms with Gasteiger partial charge in [-0.15, -0.1) is 0 Å². The van der Waals surface area contributed by atoms with E-state index in [2.05, 4.69) is 31.1 Å². The molecule has 5 N–H and O–H groups in total. The molecule has 1 aromatic heterocycles. The van der Waals surface area contributed by atoms with Crippen molar-refractivity contribution in [2.24, 2.45) is 13.0 Å². The molecule has 29 heavy (non-hydrogen) atoms. The van der Waals surface area contributed by atoms with Crippen molar-refractivity contribution < 1.29 is 19.4 Å². The van der Waals surface area contributed by atoms with Crippen LogP contribution in [0.2, 0.25) is 0 Å². The number of carbonyl (C=O) groups is 1. The third kappa shape index (κ3) is 4.88. The number of nitrogen functional groups attached to an aromatic ring is 1. The molecule has 0 radical (unpaired) electrons. The second-order valence-corrected chi connectivity index (χ2v) is 8.08. The molecule has 10 heteroatoms. The third-order valence-electron chi connectivity index (χ3n) is 5.31. The van der Waals surface area contributed by atoms with Crippen molar-refractivity contribution in [2.75, 3.05) is 30.3 Å². The van der Waals surface area contributed by atoms with Crippen molar-refractivity contribution in [3.63, 3.8) is 0 Å². The van der Waals surface area contributed by atoms with Crippen LogP contribution in [-0.2, 0) is 11.8 Å². The van der Waals surface area contributed by atoms with Crippen molar-refractivity contribution in [2.45, 2.75) is 25.0 Å². The average Bonchev–Trinajstić information content (AvgIpc) is 3.04. The number of rotatable bonds is 6. The Morgan fingerprint density at radius 2 is 2.10 bits per heavy atom. The maximum absolute atomic E-state index is 13.2. The lowest BCUT2D eigenvalue weighted by Crippen LogP contribution is -2.43. The van der Waals surface area contributed by atoms with Gasteiger partial charge in [0.05, 0.1) is 17.6 Å². The van der Waals surface area contributed by atoms with Crippen molar-refractivity contribution in [3.05, 3.63) is 40.6 Å². The smallest absolute Gasteiger partial charge is 0.252 e. The molecule has 0 aliphatic carbocycles. The number of amides is 1. The number of nitrogens with zero attached hydrogens (tertiary/aromatic N) is 3. The molecule has 0 bridgehead atoms. The van der Waals surface area contributed by atoms with E-state index >= 15 is 0 Å². The molecule has 2 heterocycles. The summed E-state index contributed by atoms with van der Waals surface area (Å²) in [5.41, 5.74) is 7.13. The predicted molar refractivity (Wildman–Crippen MR) is 111 cm³/mol. The molecule has 1 aliphatic heterocycles. The lowest BCUT2D eigenvalue weighted by Gasteiger charge is -2.34. The Balaban J connectivity index is 1.48. The average molecular weight is 470 g/mol. The Hall–Kier alpha value is -2.17. The Morgan fingerprint density at radius 3 is 2.69 bits per heavy atom. The summed E-state index contributed by atoms with van der Waals surface area (Å²) in [6.07, 6.45) is 0.103. The molecule has 1 amide bonds. The number of piperidine rings is 1. The van der Waals surface area contributed by atoms with E-state index in [1.54, 1.807) is 17.7 Å². The molecule has 158 valence electrons. The summed E-state index contributed by atoms with van der Waals surface area (Å²) in [6.45, 7) is 1.88. The summed E-state index contributed by atoms with van der Waals surface area (Å²) in [5.74, 6) is -0.558. The van der Waals surface area contributed by atoms with Crippen LogP contribution in [0.4, 0.5) is 15.8 Å². The highest BCUT2D eigenvalue weighted by Crippen LogP contribution is 2.28. The van der Waals surface area contributed by atoms with Gasteiger partial charge in [-0.1, -0.05) is 0 Å². The minimum atomic E-state index is -1.61. The van der Waals surface area contributed by atoms with Crippen LogP contribution in [0, 0.1) is 11.7 Å². The molecular formula is C19H25BrFN5O3. The van der Waals surface area contributed by atoms with E-state index in [1.165, 1.54) is 18.3 Å². The normalized spacial score (nSPS) is 17.2. The maximum Gasteiger partial charge on any atom is 0.252 e. The van der Waals surface area contributed by atoms with Crippen molar-refractivity contribution in [1.29, 1.82) is 0 Å². The van der Waals surface area contributed by atoms with Crippen LogP contribution < -0.4 is 16.0 Å². The fraction of sp³-hybridized carbons (Fsp3) is 0.474. The minimum Gasteiger partial charge on any atom is -0.397 e. The largest absolute Gasteiger partial charge is 0.397 e. The molecule has 3 rings (SSSR count). The molecule has 2 aromatic rings. The van der Waals surface area contributed by atoms with Gasteiger partial charge in [-0.25, -0.2) is 9.37 Å². The standard InChI is InChI=1S/C19H25BrFN5O3/c1-25-15(20)10-23-18(25)16(27)17(28)19(29)24-9-11-4-6-26(7-5-11)14-3-2-12(21)8-13(14)22/h2-3,8,10-11,16-17,27-28H,4-7,9,22H2,1H3,(H,24,29)/t16-,17-/m1/s1. The molecule has 1 fully saturated rings. The topological polar surface area (TPSA) is 117 Å². The first-order valence-electron chi connectivity index (χ1n) is 9.39. The van der Waals surface area contributed by atoms with Gasteiger partial charge in [0.15, 0.2) is 6.10 Å². The zero-order chi connectivity index (χ0) is 21.1. The molecule has 1 saturated heterocycles. The molecule has 2 atom stereocenters. The first-order valence-corrected chi connectivity index (χ1v) is 10.2. The van der Waals surface area contributed by atoms with Gasteiger partial charge in [0, 0.05) is 26.7 Å². The van der Waals surface area contributed by atoms with Crippen LogP contribution >= 0.6 is 15.9 Å². The summed E-state index contributed by atoms with van der Waals surface area (Å²) in [6, 6.07) is 4.39. The number of carbonyl (C=O) groups excluding carboxylic acids is 1. The maximum atomic E-state index is 13.2. The van der Waals surface area contributed by atoms with Crippen molar-refractivity contribution in [1.82, 2.24) is 14.9 Å². The number of benzene rings is 1. The van der Waals surface area contributed by atoms with Gasteiger partial charge in [0.25, 0.3) is 5.91 Å². The van der Waals surface area contributed by atoms with E-state index in [-0.39, 0.29) is 17.6 Å². The van der Waals surface area contributed by atoms with Gasteiger partial charge in [-0.05, 0) is 52.9 Å². The first-order chi connectivity index (χ1) is 13.8. The number of nitrogens with one attached hydrogen (secondary N) is 1. The number of hydrogen-bond donors (Lipinski definition) is 4. The number of aliphatic hydroxyl groups excluding tert-OH is 2. The van der Waals surface area contributed by atoms with Gasteiger partial charge >= 0.3 is 0 Å². The molecule has 1 aromatic carbocycles. The lowest BCUT2D eigenvalue weighted by molar-refractivity contribution is -0.136. The zero-order valence-corrected chi connectivity index (χ0v) is 17.6. The summed E-state index contributed by atoms with van der Waals surface area (Å²) in [5, 5.41) is 23.1. The van der Waals surface area contributed by atoms with Gasteiger partial charge in [0.1, 0.15) is 22.3 Å². The van der Waals surface area contributed by atoms with E-state index in [0.717, 1.165) is 31.6 Å². The first kappa shape index (κ1) is 21.5. The lowest BCUT2D eigenvalue weighted by atomic mass is 9.96. The van der Waals surface area contributed by atoms with Crippen LogP contribution in [0.25, 0.3) is 0 Å². The molecule has 8 nitrogen and oxygen atoms in total. The van der Waals surface area contributed by atoms with Crippen LogP contribution in [-0.4, -0.2) is 51.4 Å². The van der Waals surface area contributed by atoms with Crippen LogP contribution in [0.3, 0.4) is 0 Å². The summed E-state index contributed by atoms with van der Waals surface area (Å²) >= 11 is 3.26. The highest BCUT2D eigenvalue weighted by molar-refractivity contribution is 9.10. The fourth-order valence-corrected chi connectivity index (χ4v) is 3.79. The van der Waals surface area contributed by atoms with Crippen molar-refractivity contribution >= 4 is 33.2 Å². The number of aliphatic hydroxyl groups is 2. The van der Waals surface area contributed by atoms with E-state index in [4.69, 9.17) is 5.73 Å². The Labute approximate surface area is 176 Å². The second-order valence-electron chi connectivity index (χ2n) is 7.27. The Bertz CT molecular complexity index is 870. The minimum absolute atomic E-state index is 0.199. The fourth-order valence-electron chi connectivity index (χ4n) is 3.50. The van der Waals surface area contributed by atoms with Crippen molar-refractivity contribution in [3.8, 4) is 0 Å². The van der Waals surface area contributed by atoms with Gasteiger partial charge < -0.3 is 30.7 Å².